The Morgan fingerprint density at radius 1 is 1.08 bits per heavy atom. The van der Waals surface area contributed by atoms with Crippen LogP contribution in [0.3, 0.4) is 0 Å². The van der Waals surface area contributed by atoms with Gasteiger partial charge in [0.1, 0.15) is 11.5 Å². The molecule has 2 aromatic heterocycles. The molecule has 1 aromatic carbocycles. The number of nitrogens with zero attached hydrogens (tertiary/aromatic N) is 2. The summed E-state index contributed by atoms with van der Waals surface area (Å²) in [7, 11) is 0. The highest BCUT2D eigenvalue weighted by atomic mass is 19.1. The number of benzene rings is 1. The van der Waals surface area contributed by atoms with Crippen LogP contribution in [0.2, 0.25) is 0 Å². The highest BCUT2D eigenvalue weighted by Crippen LogP contribution is 2.16. The predicted molar refractivity (Wildman–Crippen MR) is 95.7 cm³/mol. The Hall–Kier alpha value is -2.82. The lowest BCUT2D eigenvalue weighted by molar-refractivity contribution is 0.0946. The van der Waals surface area contributed by atoms with Crippen molar-refractivity contribution in [3.8, 4) is 0 Å². The normalized spacial score (nSPS) is 10.8. The standard InChI is InChI=1S/C20H20FN3O/c1-2-3-6-14-7-4-8-15(19(14)21)13-23-20(25)18-11-10-16-17(24-18)9-5-12-22-16/h4-5,7-12H,2-3,6,13H2,1H3,(H,23,25). The number of amides is 1. The zero-order valence-electron chi connectivity index (χ0n) is 14.1. The summed E-state index contributed by atoms with van der Waals surface area (Å²) in [4.78, 5) is 20.8. The van der Waals surface area contributed by atoms with E-state index in [4.69, 9.17) is 0 Å². The van der Waals surface area contributed by atoms with Gasteiger partial charge in [0, 0.05) is 18.3 Å². The number of hydrogen-bond donors (Lipinski definition) is 1. The first-order chi connectivity index (χ1) is 12.2. The highest BCUT2D eigenvalue weighted by molar-refractivity contribution is 5.94. The van der Waals surface area contributed by atoms with Gasteiger partial charge < -0.3 is 5.32 Å². The smallest absolute Gasteiger partial charge is 0.270 e. The van der Waals surface area contributed by atoms with Crippen LogP contribution in [0.4, 0.5) is 4.39 Å². The summed E-state index contributed by atoms with van der Waals surface area (Å²) in [5, 5.41) is 2.74. The van der Waals surface area contributed by atoms with Gasteiger partial charge in [-0.3, -0.25) is 9.78 Å². The zero-order valence-corrected chi connectivity index (χ0v) is 14.1. The van der Waals surface area contributed by atoms with Gasteiger partial charge in [-0.25, -0.2) is 9.37 Å². The quantitative estimate of drug-likeness (QED) is 0.738. The van der Waals surface area contributed by atoms with Gasteiger partial charge in [0.05, 0.1) is 11.0 Å². The molecule has 0 radical (unpaired) electrons. The maximum Gasteiger partial charge on any atom is 0.270 e. The number of nitrogens with one attached hydrogen (secondary N) is 1. The number of carbonyl (C=O) groups excluding carboxylic acids is 1. The molecule has 0 unspecified atom stereocenters. The Kier molecular flexibility index (Phi) is 5.33. The molecular formula is C20H20FN3O. The molecule has 0 aliphatic carbocycles. The topological polar surface area (TPSA) is 54.9 Å². The lowest BCUT2D eigenvalue weighted by Crippen LogP contribution is -2.24. The average Bonchev–Trinajstić information content (AvgIpc) is 2.65. The Morgan fingerprint density at radius 3 is 2.76 bits per heavy atom. The lowest BCUT2D eigenvalue weighted by Gasteiger charge is -2.09. The number of pyridine rings is 2. The third kappa shape index (κ3) is 3.99. The fourth-order valence-corrected chi connectivity index (χ4v) is 2.68. The summed E-state index contributed by atoms with van der Waals surface area (Å²) in [5.74, 6) is -0.559. The van der Waals surface area contributed by atoms with E-state index in [1.54, 1.807) is 42.6 Å². The van der Waals surface area contributed by atoms with E-state index in [9.17, 15) is 9.18 Å². The van der Waals surface area contributed by atoms with Gasteiger partial charge >= 0.3 is 0 Å². The molecule has 5 heteroatoms. The fourth-order valence-electron chi connectivity index (χ4n) is 2.68. The van der Waals surface area contributed by atoms with Crippen molar-refractivity contribution >= 4 is 16.9 Å². The lowest BCUT2D eigenvalue weighted by atomic mass is 10.0. The predicted octanol–water partition coefficient (Wildman–Crippen LogP) is 4.04. The van der Waals surface area contributed by atoms with Gasteiger partial charge in [-0.1, -0.05) is 31.5 Å². The third-order valence-corrected chi connectivity index (χ3v) is 4.09. The third-order valence-electron chi connectivity index (χ3n) is 4.09. The van der Waals surface area contributed by atoms with E-state index in [0.717, 1.165) is 18.4 Å². The molecule has 1 N–H and O–H groups in total. The molecule has 0 aliphatic heterocycles. The van der Waals surface area contributed by atoms with Gasteiger partial charge in [0.15, 0.2) is 0 Å². The molecule has 1 amide bonds. The number of fused-ring (bicyclic) bond motifs is 1. The molecule has 0 saturated heterocycles. The van der Waals surface area contributed by atoms with Crippen molar-refractivity contribution in [2.75, 3.05) is 0 Å². The monoisotopic (exact) mass is 337 g/mol. The van der Waals surface area contributed by atoms with Crippen molar-refractivity contribution in [1.29, 1.82) is 0 Å². The molecule has 25 heavy (non-hydrogen) atoms. The van der Waals surface area contributed by atoms with E-state index in [2.05, 4.69) is 22.2 Å². The minimum Gasteiger partial charge on any atom is -0.347 e. The van der Waals surface area contributed by atoms with E-state index < -0.39 is 0 Å². The van der Waals surface area contributed by atoms with Crippen LogP contribution in [0.25, 0.3) is 11.0 Å². The van der Waals surface area contributed by atoms with Gasteiger partial charge in [-0.15, -0.1) is 0 Å². The molecule has 2 heterocycles. The molecule has 0 atom stereocenters. The first-order valence-corrected chi connectivity index (χ1v) is 8.45. The van der Waals surface area contributed by atoms with Crippen LogP contribution < -0.4 is 5.32 Å². The number of rotatable bonds is 6. The number of aryl methyl sites for hydroxylation is 1. The minimum atomic E-state index is -0.330. The molecule has 4 nitrogen and oxygen atoms in total. The maximum atomic E-state index is 14.5. The van der Waals surface area contributed by atoms with Crippen molar-refractivity contribution < 1.29 is 9.18 Å². The summed E-state index contributed by atoms with van der Waals surface area (Å²) < 4.78 is 14.5. The number of aromatic nitrogens is 2. The second-order valence-electron chi connectivity index (χ2n) is 5.91. The van der Waals surface area contributed by atoms with Crippen LogP contribution in [0, 0.1) is 5.82 Å². The number of carbonyl (C=O) groups is 1. The van der Waals surface area contributed by atoms with Crippen molar-refractivity contribution in [2.45, 2.75) is 32.7 Å². The van der Waals surface area contributed by atoms with E-state index in [1.165, 1.54) is 0 Å². The molecular weight excluding hydrogens is 317 g/mol. The molecule has 0 aliphatic rings. The Bertz CT molecular complexity index is 895. The van der Waals surface area contributed by atoms with Crippen molar-refractivity contribution in [2.24, 2.45) is 0 Å². The molecule has 0 fully saturated rings. The maximum absolute atomic E-state index is 14.5. The Labute approximate surface area is 146 Å². The van der Waals surface area contributed by atoms with E-state index in [-0.39, 0.29) is 18.3 Å². The number of halogens is 1. The van der Waals surface area contributed by atoms with Gasteiger partial charge in [0.2, 0.25) is 0 Å². The van der Waals surface area contributed by atoms with Crippen molar-refractivity contribution in [3.63, 3.8) is 0 Å². The molecule has 128 valence electrons. The first-order valence-electron chi connectivity index (χ1n) is 8.45. The second-order valence-corrected chi connectivity index (χ2v) is 5.91. The zero-order chi connectivity index (χ0) is 17.6. The van der Waals surface area contributed by atoms with E-state index in [0.29, 0.717) is 28.8 Å². The summed E-state index contributed by atoms with van der Waals surface area (Å²) in [6.07, 6.45) is 4.35. The van der Waals surface area contributed by atoms with Crippen LogP contribution in [-0.2, 0) is 13.0 Å². The van der Waals surface area contributed by atoms with Gasteiger partial charge in [-0.05, 0) is 42.7 Å². The number of unbranched alkanes of at least 4 members (excludes halogenated alkanes) is 1. The second kappa shape index (κ2) is 7.83. The molecule has 0 saturated carbocycles. The van der Waals surface area contributed by atoms with Crippen molar-refractivity contribution in [3.05, 3.63) is 71.3 Å². The first kappa shape index (κ1) is 17.0. The van der Waals surface area contributed by atoms with Crippen LogP contribution in [0.1, 0.15) is 41.4 Å². The van der Waals surface area contributed by atoms with Crippen molar-refractivity contribution in [1.82, 2.24) is 15.3 Å². The Balaban J connectivity index is 1.71. The summed E-state index contributed by atoms with van der Waals surface area (Å²) >= 11 is 0. The highest BCUT2D eigenvalue weighted by Gasteiger charge is 2.11. The Morgan fingerprint density at radius 2 is 1.92 bits per heavy atom. The molecule has 0 bridgehead atoms. The summed E-state index contributed by atoms with van der Waals surface area (Å²) in [6, 6.07) is 12.3. The number of hydrogen-bond acceptors (Lipinski definition) is 3. The van der Waals surface area contributed by atoms with Gasteiger partial charge in [0.25, 0.3) is 5.91 Å². The molecule has 0 spiro atoms. The van der Waals surface area contributed by atoms with Crippen LogP contribution in [0.15, 0.2) is 48.7 Å². The SMILES string of the molecule is CCCCc1cccc(CNC(=O)c2ccc3ncccc3n2)c1F. The van der Waals surface area contributed by atoms with Gasteiger partial charge in [-0.2, -0.15) is 0 Å². The largest absolute Gasteiger partial charge is 0.347 e. The average molecular weight is 337 g/mol. The summed E-state index contributed by atoms with van der Waals surface area (Å²) in [5.41, 5.74) is 2.87. The van der Waals surface area contributed by atoms with Crippen LogP contribution >= 0.6 is 0 Å². The van der Waals surface area contributed by atoms with Crippen LogP contribution in [-0.4, -0.2) is 15.9 Å². The minimum absolute atomic E-state index is 0.136. The van der Waals surface area contributed by atoms with E-state index in [1.807, 2.05) is 6.07 Å². The molecule has 3 rings (SSSR count). The van der Waals surface area contributed by atoms with E-state index >= 15 is 0 Å². The van der Waals surface area contributed by atoms with Crippen LogP contribution in [0.5, 0.6) is 0 Å². The molecule has 3 aromatic rings. The fraction of sp³-hybridized carbons (Fsp3) is 0.250. The summed E-state index contributed by atoms with van der Waals surface area (Å²) in [6.45, 7) is 2.21.